The summed E-state index contributed by atoms with van der Waals surface area (Å²) in [7, 11) is -3.86. The minimum absolute atomic E-state index is 0.0232. The zero-order chi connectivity index (χ0) is 30.3. The summed E-state index contributed by atoms with van der Waals surface area (Å²) < 4.78 is 27.1. The summed E-state index contributed by atoms with van der Waals surface area (Å²) in [6, 6.07) is 18.6. The number of anilines is 1. The number of halogens is 2. The molecule has 0 aliphatic heterocycles. The van der Waals surface area contributed by atoms with Crippen LogP contribution in [0, 0.1) is 13.8 Å². The van der Waals surface area contributed by atoms with Crippen LogP contribution in [0.15, 0.2) is 66.7 Å². The summed E-state index contributed by atoms with van der Waals surface area (Å²) >= 11 is 12.6. The van der Waals surface area contributed by atoms with Gasteiger partial charge < -0.3 is 10.2 Å². The van der Waals surface area contributed by atoms with Crippen molar-refractivity contribution in [1.82, 2.24) is 10.2 Å². The second-order valence-corrected chi connectivity index (χ2v) is 13.0. The molecule has 0 aliphatic carbocycles. The van der Waals surface area contributed by atoms with Crippen LogP contribution in [0.5, 0.6) is 0 Å². The molecule has 7 nitrogen and oxygen atoms in total. The quantitative estimate of drug-likeness (QED) is 0.273. The summed E-state index contributed by atoms with van der Waals surface area (Å²) in [6.07, 6.45) is 2.00. The number of amides is 2. The van der Waals surface area contributed by atoms with E-state index in [9.17, 15) is 18.0 Å². The maximum absolute atomic E-state index is 14.2. The Kier molecular flexibility index (Phi) is 11.2. The van der Waals surface area contributed by atoms with Crippen molar-refractivity contribution in [3.05, 3.63) is 99.0 Å². The third-order valence-corrected chi connectivity index (χ3v) is 8.87. The standard InChI is InChI=1S/C31H37Cl2N3O4S/c1-6-22(3)34-31(38)29(17-24-12-8-7-9-13-24)35(19-25-15-16-26(32)18-27(25)33)30(37)20-36(41(5,39)40)28-14-10-11-21(2)23(28)4/h7-16,18,22,29H,6,17,19-20H2,1-5H3,(H,34,38). The summed E-state index contributed by atoms with van der Waals surface area (Å²) in [5, 5.41) is 3.78. The molecule has 0 spiro atoms. The first-order valence-electron chi connectivity index (χ1n) is 13.4. The highest BCUT2D eigenvalue weighted by Gasteiger charge is 2.34. The van der Waals surface area contributed by atoms with Gasteiger partial charge in [-0.1, -0.05) is 78.7 Å². The van der Waals surface area contributed by atoms with Crippen molar-refractivity contribution >= 4 is 50.7 Å². The van der Waals surface area contributed by atoms with Crippen molar-refractivity contribution in [3.63, 3.8) is 0 Å². The number of nitrogens with zero attached hydrogens (tertiary/aromatic N) is 2. The number of rotatable bonds is 12. The Hall–Kier alpha value is -3.07. The van der Waals surface area contributed by atoms with Crippen LogP contribution in [0.2, 0.25) is 10.0 Å². The lowest BCUT2D eigenvalue weighted by Gasteiger charge is -2.34. The number of hydrogen-bond acceptors (Lipinski definition) is 4. The summed E-state index contributed by atoms with van der Waals surface area (Å²) in [5.41, 5.74) is 3.48. The van der Waals surface area contributed by atoms with E-state index in [4.69, 9.17) is 23.2 Å². The second kappa shape index (κ2) is 14.2. The van der Waals surface area contributed by atoms with Crippen molar-refractivity contribution in [1.29, 1.82) is 0 Å². The smallest absolute Gasteiger partial charge is 0.244 e. The van der Waals surface area contributed by atoms with E-state index in [1.807, 2.05) is 64.1 Å². The molecule has 0 radical (unpaired) electrons. The Morgan fingerprint density at radius 2 is 1.66 bits per heavy atom. The first kappa shape index (κ1) is 32.4. The molecule has 0 fully saturated rings. The molecule has 10 heteroatoms. The Bertz CT molecular complexity index is 1480. The van der Waals surface area contributed by atoms with Gasteiger partial charge in [0.05, 0.1) is 11.9 Å². The molecule has 0 bridgehead atoms. The van der Waals surface area contributed by atoms with Crippen LogP contribution in [0.25, 0.3) is 0 Å². The summed E-state index contributed by atoms with van der Waals surface area (Å²) in [5.74, 6) is -0.873. The molecule has 41 heavy (non-hydrogen) atoms. The summed E-state index contributed by atoms with van der Waals surface area (Å²) in [4.78, 5) is 29.4. The minimum Gasteiger partial charge on any atom is -0.352 e. The average Bonchev–Trinajstić information content (AvgIpc) is 2.91. The van der Waals surface area contributed by atoms with Crippen LogP contribution >= 0.6 is 23.2 Å². The van der Waals surface area contributed by atoms with Crippen molar-refractivity contribution in [3.8, 4) is 0 Å². The van der Waals surface area contributed by atoms with Gasteiger partial charge in [-0.2, -0.15) is 0 Å². The minimum atomic E-state index is -3.86. The summed E-state index contributed by atoms with van der Waals surface area (Å²) in [6.45, 7) is 7.04. The molecule has 3 rings (SSSR count). The third kappa shape index (κ3) is 8.71. The van der Waals surface area contributed by atoms with Crippen LogP contribution in [0.1, 0.15) is 42.5 Å². The highest BCUT2D eigenvalue weighted by atomic mass is 35.5. The SMILES string of the molecule is CCC(C)NC(=O)C(Cc1ccccc1)N(Cc1ccc(Cl)cc1Cl)C(=O)CN(c1cccc(C)c1C)S(C)(=O)=O. The number of benzene rings is 3. The molecule has 0 saturated carbocycles. The second-order valence-electron chi connectivity index (χ2n) is 10.3. The maximum Gasteiger partial charge on any atom is 0.244 e. The van der Waals surface area contributed by atoms with E-state index in [0.29, 0.717) is 27.7 Å². The molecule has 0 aliphatic rings. The van der Waals surface area contributed by atoms with Gasteiger partial charge in [0.1, 0.15) is 12.6 Å². The molecule has 2 unspecified atom stereocenters. The van der Waals surface area contributed by atoms with Crippen molar-refractivity contribution in [2.45, 2.75) is 59.2 Å². The van der Waals surface area contributed by atoms with E-state index in [1.54, 1.807) is 30.3 Å². The first-order chi connectivity index (χ1) is 19.3. The van der Waals surface area contributed by atoms with Gasteiger partial charge in [-0.3, -0.25) is 13.9 Å². The van der Waals surface area contributed by atoms with Gasteiger partial charge in [0.15, 0.2) is 0 Å². The topological polar surface area (TPSA) is 86.8 Å². The molecule has 3 aromatic carbocycles. The van der Waals surface area contributed by atoms with Crippen LogP contribution < -0.4 is 9.62 Å². The zero-order valence-electron chi connectivity index (χ0n) is 24.0. The van der Waals surface area contributed by atoms with E-state index in [-0.39, 0.29) is 24.9 Å². The van der Waals surface area contributed by atoms with Gasteiger partial charge in [-0.25, -0.2) is 8.42 Å². The fourth-order valence-corrected chi connectivity index (χ4v) is 5.80. The number of carbonyl (C=O) groups excluding carboxylic acids is 2. The highest BCUT2D eigenvalue weighted by molar-refractivity contribution is 7.92. The van der Waals surface area contributed by atoms with Gasteiger partial charge in [-0.05, 0) is 67.6 Å². The Balaban J connectivity index is 2.12. The molecule has 0 aromatic heterocycles. The number of aryl methyl sites for hydroxylation is 1. The zero-order valence-corrected chi connectivity index (χ0v) is 26.4. The molecule has 1 N–H and O–H groups in total. The predicted molar refractivity (Wildman–Crippen MR) is 167 cm³/mol. The lowest BCUT2D eigenvalue weighted by atomic mass is 10.0. The van der Waals surface area contributed by atoms with E-state index in [0.717, 1.165) is 27.3 Å². The monoisotopic (exact) mass is 617 g/mol. The van der Waals surface area contributed by atoms with Gasteiger partial charge in [0, 0.05) is 29.1 Å². The highest BCUT2D eigenvalue weighted by Crippen LogP contribution is 2.27. The lowest BCUT2D eigenvalue weighted by molar-refractivity contribution is -0.140. The Morgan fingerprint density at radius 3 is 2.27 bits per heavy atom. The van der Waals surface area contributed by atoms with Crippen LogP contribution in [0.4, 0.5) is 5.69 Å². The fraction of sp³-hybridized carbons (Fsp3) is 0.355. The third-order valence-electron chi connectivity index (χ3n) is 7.15. The van der Waals surface area contributed by atoms with Crippen molar-refractivity contribution in [2.75, 3.05) is 17.1 Å². The van der Waals surface area contributed by atoms with Gasteiger partial charge >= 0.3 is 0 Å². The van der Waals surface area contributed by atoms with E-state index in [2.05, 4.69) is 5.32 Å². The molecule has 220 valence electrons. The fourth-order valence-electron chi connectivity index (χ4n) is 4.43. The van der Waals surface area contributed by atoms with Crippen LogP contribution in [-0.4, -0.2) is 50.0 Å². The molecule has 0 heterocycles. The van der Waals surface area contributed by atoms with Crippen LogP contribution in [0.3, 0.4) is 0 Å². The van der Waals surface area contributed by atoms with E-state index >= 15 is 0 Å². The van der Waals surface area contributed by atoms with Gasteiger partial charge in [-0.15, -0.1) is 0 Å². The molecular formula is C31H37Cl2N3O4S. The molecule has 2 amide bonds. The largest absolute Gasteiger partial charge is 0.352 e. The van der Waals surface area contributed by atoms with Gasteiger partial charge in [0.2, 0.25) is 21.8 Å². The number of hydrogen-bond donors (Lipinski definition) is 1. The number of carbonyl (C=O) groups is 2. The van der Waals surface area contributed by atoms with Gasteiger partial charge in [0.25, 0.3) is 0 Å². The predicted octanol–water partition coefficient (Wildman–Crippen LogP) is 5.93. The Morgan fingerprint density at radius 1 is 0.976 bits per heavy atom. The maximum atomic E-state index is 14.2. The van der Waals surface area contributed by atoms with E-state index < -0.39 is 28.5 Å². The number of nitrogens with one attached hydrogen (secondary N) is 1. The van der Waals surface area contributed by atoms with Crippen molar-refractivity contribution < 1.29 is 18.0 Å². The lowest BCUT2D eigenvalue weighted by Crippen LogP contribution is -2.54. The Labute approximate surface area is 253 Å². The first-order valence-corrected chi connectivity index (χ1v) is 16.0. The molecule has 3 aromatic rings. The number of sulfonamides is 1. The molecule has 0 saturated heterocycles. The average molecular weight is 619 g/mol. The molecule has 2 atom stereocenters. The van der Waals surface area contributed by atoms with E-state index in [1.165, 1.54) is 4.90 Å². The normalized spacial score (nSPS) is 12.9. The van der Waals surface area contributed by atoms with Crippen molar-refractivity contribution in [2.24, 2.45) is 0 Å². The van der Waals surface area contributed by atoms with Crippen LogP contribution in [-0.2, 0) is 32.6 Å². The molecular weight excluding hydrogens is 581 g/mol.